The molecule has 0 aromatic heterocycles. The summed E-state index contributed by atoms with van der Waals surface area (Å²) >= 11 is 1.82. The maximum absolute atomic E-state index is 10.9. The summed E-state index contributed by atoms with van der Waals surface area (Å²) in [6.45, 7) is 6.10. The third-order valence-electron chi connectivity index (χ3n) is 1.65. The number of esters is 1. The summed E-state index contributed by atoms with van der Waals surface area (Å²) < 4.78 is 4.79. The molecule has 0 aliphatic carbocycles. The van der Waals surface area contributed by atoms with E-state index in [1.165, 1.54) is 0 Å². The summed E-state index contributed by atoms with van der Waals surface area (Å²) in [5, 5.41) is 3.80. The van der Waals surface area contributed by atoms with Gasteiger partial charge < -0.3 is 10.1 Å². The van der Waals surface area contributed by atoms with Crippen LogP contribution in [0.2, 0.25) is 0 Å². The normalized spacial score (nSPS) is 12.5. The molecule has 0 aromatic rings. The smallest absolute Gasteiger partial charge is 0.307 e. The Kier molecular flexibility index (Phi) is 8.24. The Morgan fingerprint density at radius 2 is 2.31 bits per heavy atom. The van der Waals surface area contributed by atoms with Crippen molar-refractivity contribution in [3.8, 4) is 0 Å². The van der Waals surface area contributed by atoms with Crippen LogP contribution >= 0.6 is 11.8 Å². The van der Waals surface area contributed by atoms with Crippen molar-refractivity contribution >= 4 is 17.7 Å². The molecule has 4 heteroatoms. The van der Waals surface area contributed by atoms with Crippen molar-refractivity contribution < 1.29 is 9.53 Å². The third kappa shape index (κ3) is 8.12. The molecular weight excluding hydrogens is 186 g/mol. The monoisotopic (exact) mass is 205 g/mol. The number of carbonyl (C=O) groups excluding carboxylic acids is 1. The summed E-state index contributed by atoms with van der Waals surface area (Å²) in [7, 11) is 0. The van der Waals surface area contributed by atoms with Crippen LogP contribution in [-0.2, 0) is 9.53 Å². The van der Waals surface area contributed by atoms with Crippen LogP contribution in [0.3, 0.4) is 0 Å². The lowest BCUT2D eigenvalue weighted by Gasteiger charge is -2.08. The first-order valence-electron chi connectivity index (χ1n) is 4.59. The van der Waals surface area contributed by atoms with Gasteiger partial charge in [0, 0.05) is 18.3 Å². The lowest BCUT2D eigenvalue weighted by atomic mass is 10.4. The van der Waals surface area contributed by atoms with E-state index in [0.29, 0.717) is 24.8 Å². The minimum atomic E-state index is -0.119. The molecule has 0 aromatic carbocycles. The minimum Gasteiger partial charge on any atom is -0.466 e. The number of hydrogen-bond donors (Lipinski definition) is 1. The zero-order chi connectivity index (χ0) is 10.1. The van der Waals surface area contributed by atoms with Crippen molar-refractivity contribution in [1.29, 1.82) is 0 Å². The Balaban J connectivity index is 3.20. The summed E-state index contributed by atoms with van der Waals surface area (Å²) in [5.41, 5.74) is 0. The van der Waals surface area contributed by atoms with E-state index in [4.69, 9.17) is 4.74 Å². The first-order valence-corrected chi connectivity index (χ1v) is 5.88. The maximum atomic E-state index is 10.9. The second kappa shape index (κ2) is 8.38. The van der Waals surface area contributed by atoms with Gasteiger partial charge in [0.25, 0.3) is 0 Å². The van der Waals surface area contributed by atoms with E-state index >= 15 is 0 Å². The maximum Gasteiger partial charge on any atom is 0.307 e. The lowest BCUT2D eigenvalue weighted by Crippen LogP contribution is -2.25. The van der Waals surface area contributed by atoms with Gasteiger partial charge in [0.2, 0.25) is 0 Å². The molecule has 0 bridgehead atoms. The third-order valence-corrected chi connectivity index (χ3v) is 2.62. The van der Waals surface area contributed by atoms with Gasteiger partial charge in [0.15, 0.2) is 0 Å². The van der Waals surface area contributed by atoms with Gasteiger partial charge in [0.05, 0.1) is 13.0 Å². The van der Waals surface area contributed by atoms with Gasteiger partial charge in [-0.15, -0.1) is 0 Å². The zero-order valence-corrected chi connectivity index (χ0v) is 9.45. The van der Waals surface area contributed by atoms with Crippen molar-refractivity contribution in [3.63, 3.8) is 0 Å². The highest BCUT2D eigenvalue weighted by Crippen LogP contribution is 2.02. The Bertz CT molecular complexity index is 142. The van der Waals surface area contributed by atoms with Crippen LogP contribution < -0.4 is 5.32 Å². The van der Waals surface area contributed by atoms with Gasteiger partial charge in [-0.05, 0) is 13.2 Å². The van der Waals surface area contributed by atoms with Gasteiger partial charge in [-0.1, -0.05) is 6.92 Å². The standard InChI is InChI=1S/C9H19NO2S/c1-4-12-9(11)5-6-10-7-8(2)13-3/h8,10H,4-7H2,1-3H3. The van der Waals surface area contributed by atoms with Gasteiger partial charge in [-0.2, -0.15) is 11.8 Å². The molecule has 1 N–H and O–H groups in total. The number of carbonyl (C=O) groups is 1. The van der Waals surface area contributed by atoms with Crippen LogP contribution in [0.1, 0.15) is 20.3 Å². The molecule has 0 saturated heterocycles. The van der Waals surface area contributed by atoms with Crippen molar-refractivity contribution in [2.24, 2.45) is 0 Å². The zero-order valence-electron chi connectivity index (χ0n) is 8.63. The van der Waals surface area contributed by atoms with E-state index in [1.54, 1.807) is 0 Å². The Labute approximate surface area is 84.6 Å². The summed E-state index contributed by atoms with van der Waals surface area (Å²) in [4.78, 5) is 10.9. The highest BCUT2D eigenvalue weighted by Gasteiger charge is 2.01. The SMILES string of the molecule is CCOC(=O)CCNCC(C)SC. The van der Waals surface area contributed by atoms with E-state index in [9.17, 15) is 4.79 Å². The van der Waals surface area contributed by atoms with Crippen LogP contribution in [0.25, 0.3) is 0 Å². The molecule has 0 saturated carbocycles. The molecule has 13 heavy (non-hydrogen) atoms. The Morgan fingerprint density at radius 3 is 2.85 bits per heavy atom. The Hall–Kier alpha value is -0.220. The lowest BCUT2D eigenvalue weighted by molar-refractivity contribution is -0.142. The van der Waals surface area contributed by atoms with Crippen LogP contribution in [0.5, 0.6) is 0 Å². The van der Waals surface area contributed by atoms with Crippen molar-refractivity contribution in [1.82, 2.24) is 5.32 Å². The highest BCUT2D eigenvalue weighted by atomic mass is 32.2. The van der Waals surface area contributed by atoms with Gasteiger partial charge >= 0.3 is 5.97 Å². The fraction of sp³-hybridized carbons (Fsp3) is 0.889. The molecule has 0 rings (SSSR count). The molecule has 1 atom stereocenters. The number of nitrogens with one attached hydrogen (secondary N) is 1. The second-order valence-electron chi connectivity index (χ2n) is 2.81. The van der Waals surface area contributed by atoms with E-state index in [2.05, 4.69) is 18.5 Å². The number of rotatable bonds is 7. The first kappa shape index (κ1) is 12.8. The van der Waals surface area contributed by atoms with E-state index < -0.39 is 0 Å². The predicted octanol–water partition coefficient (Wildman–Crippen LogP) is 1.28. The molecule has 1 unspecified atom stereocenters. The summed E-state index contributed by atoms with van der Waals surface area (Å²) in [6.07, 6.45) is 2.55. The van der Waals surface area contributed by atoms with E-state index in [-0.39, 0.29) is 5.97 Å². The van der Waals surface area contributed by atoms with Crippen LogP contribution in [0.15, 0.2) is 0 Å². The summed E-state index contributed by atoms with van der Waals surface area (Å²) in [6, 6.07) is 0. The van der Waals surface area contributed by atoms with Gasteiger partial charge in [-0.3, -0.25) is 4.79 Å². The molecule has 0 fully saturated rings. The minimum absolute atomic E-state index is 0.119. The van der Waals surface area contributed by atoms with E-state index in [0.717, 1.165) is 6.54 Å². The number of hydrogen-bond acceptors (Lipinski definition) is 4. The molecule has 0 spiro atoms. The average molecular weight is 205 g/mol. The van der Waals surface area contributed by atoms with Crippen molar-refractivity contribution in [3.05, 3.63) is 0 Å². The van der Waals surface area contributed by atoms with Gasteiger partial charge in [-0.25, -0.2) is 0 Å². The molecule has 0 radical (unpaired) electrons. The molecule has 0 aliphatic rings. The van der Waals surface area contributed by atoms with Crippen LogP contribution in [0, 0.1) is 0 Å². The fourth-order valence-corrected chi connectivity index (χ4v) is 1.10. The van der Waals surface area contributed by atoms with Crippen molar-refractivity contribution in [2.75, 3.05) is 26.0 Å². The van der Waals surface area contributed by atoms with Crippen LogP contribution in [-0.4, -0.2) is 37.2 Å². The molecule has 78 valence electrons. The fourth-order valence-electron chi connectivity index (χ4n) is 0.812. The quantitative estimate of drug-likeness (QED) is 0.502. The highest BCUT2D eigenvalue weighted by molar-refractivity contribution is 7.99. The van der Waals surface area contributed by atoms with Crippen LogP contribution in [0.4, 0.5) is 0 Å². The average Bonchev–Trinajstić information content (AvgIpc) is 2.12. The van der Waals surface area contributed by atoms with Gasteiger partial charge in [0.1, 0.15) is 0 Å². The van der Waals surface area contributed by atoms with Crippen molar-refractivity contribution in [2.45, 2.75) is 25.5 Å². The predicted molar refractivity (Wildman–Crippen MR) is 57.1 cm³/mol. The molecule has 0 aliphatic heterocycles. The number of ether oxygens (including phenoxy) is 1. The largest absolute Gasteiger partial charge is 0.466 e. The van der Waals surface area contributed by atoms with E-state index in [1.807, 2.05) is 18.7 Å². The molecule has 0 heterocycles. The molecule has 0 amide bonds. The first-order chi connectivity index (χ1) is 6.20. The molecule has 3 nitrogen and oxygen atoms in total. The second-order valence-corrected chi connectivity index (χ2v) is 4.08. The topological polar surface area (TPSA) is 38.3 Å². The molecular formula is C9H19NO2S. The Morgan fingerprint density at radius 1 is 1.62 bits per heavy atom. The number of thioether (sulfide) groups is 1. The summed E-state index contributed by atoms with van der Waals surface area (Å²) in [5.74, 6) is -0.119.